The van der Waals surface area contributed by atoms with E-state index < -0.39 is 0 Å². The highest BCUT2D eigenvalue weighted by Gasteiger charge is 2.27. The summed E-state index contributed by atoms with van der Waals surface area (Å²) in [6.07, 6.45) is 3.82. The average Bonchev–Trinajstić information content (AvgIpc) is 2.99. The predicted molar refractivity (Wildman–Crippen MR) is 83.8 cm³/mol. The fourth-order valence-corrected chi connectivity index (χ4v) is 3.05. The van der Waals surface area contributed by atoms with Crippen molar-refractivity contribution in [3.05, 3.63) is 41.5 Å². The Morgan fingerprint density at radius 1 is 1.35 bits per heavy atom. The van der Waals surface area contributed by atoms with Gasteiger partial charge in [-0.1, -0.05) is 12.1 Å². The van der Waals surface area contributed by atoms with E-state index in [0.717, 1.165) is 31.4 Å². The molecule has 1 amide bonds. The van der Waals surface area contributed by atoms with Crippen molar-refractivity contribution in [1.82, 2.24) is 20.1 Å². The molecule has 1 aliphatic rings. The third-order valence-corrected chi connectivity index (χ3v) is 4.20. The van der Waals surface area contributed by atoms with Crippen LogP contribution in [-0.4, -0.2) is 32.5 Å². The Morgan fingerprint density at radius 3 is 2.83 bits per heavy atom. The van der Waals surface area contributed by atoms with Gasteiger partial charge in [-0.3, -0.25) is 9.89 Å². The number of anilines is 1. The first-order chi connectivity index (χ1) is 11.1. The Morgan fingerprint density at radius 2 is 2.13 bits per heavy atom. The molecule has 1 aliphatic heterocycles. The van der Waals surface area contributed by atoms with Gasteiger partial charge in [0, 0.05) is 19.4 Å². The largest absolute Gasteiger partial charge is 0.367 e. The lowest BCUT2D eigenvalue weighted by Gasteiger charge is -2.36. The number of H-pyrrole nitrogens is 1. The van der Waals surface area contributed by atoms with Gasteiger partial charge in [0.2, 0.25) is 11.9 Å². The van der Waals surface area contributed by atoms with Gasteiger partial charge in [-0.2, -0.15) is 4.98 Å². The van der Waals surface area contributed by atoms with Crippen LogP contribution in [0.4, 0.5) is 10.3 Å². The summed E-state index contributed by atoms with van der Waals surface area (Å²) >= 11 is 0. The average molecular weight is 317 g/mol. The van der Waals surface area contributed by atoms with Crippen molar-refractivity contribution in [2.75, 3.05) is 12.3 Å². The van der Waals surface area contributed by atoms with Crippen LogP contribution in [0.15, 0.2) is 24.3 Å². The van der Waals surface area contributed by atoms with E-state index in [2.05, 4.69) is 15.2 Å². The van der Waals surface area contributed by atoms with E-state index >= 15 is 0 Å². The summed E-state index contributed by atoms with van der Waals surface area (Å²) in [5.74, 6) is 0.625. The number of benzene rings is 1. The summed E-state index contributed by atoms with van der Waals surface area (Å²) in [4.78, 5) is 18.5. The molecule has 2 aromatic rings. The maximum absolute atomic E-state index is 13.1. The number of piperidine rings is 1. The normalized spacial score (nSPS) is 18.1. The fraction of sp³-hybridized carbons (Fsp3) is 0.438. The molecule has 7 heteroatoms. The molecule has 0 saturated carbocycles. The second-order valence-electron chi connectivity index (χ2n) is 5.79. The molecule has 3 rings (SSSR count). The van der Waals surface area contributed by atoms with Gasteiger partial charge in [0.05, 0.1) is 6.04 Å². The molecule has 1 aromatic carbocycles. The lowest BCUT2D eigenvalue weighted by molar-refractivity contribution is -0.135. The fourth-order valence-electron chi connectivity index (χ4n) is 3.05. The summed E-state index contributed by atoms with van der Waals surface area (Å²) in [6, 6.07) is 6.45. The molecule has 23 heavy (non-hydrogen) atoms. The number of carbonyl (C=O) groups is 1. The van der Waals surface area contributed by atoms with Crippen LogP contribution in [0.2, 0.25) is 0 Å². The second kappa shape index (κ2) is 6.76. The third-order valence-electron chi connectivity index (χ3n) is 4.20. The number of aromatic nitrogens is 3. The lowest BCUT2D eigenvalue weighted by Crippen LogP contribution is -2.38. The Balaban J connectivity index is 1.67. The Labute approximate surface area is 133 Å². The molecule has 0 bridgehead atoms. The number of carbonyl (C=O) groups excluding carboxylic acids is 1. The number of hydrogen-bond acceptors (Lipinski definition) is 4. The molecule has 0 radical (unpaired) electrons. The Kier molecular flexibility index (Phi) is 4.55. The topological polar surface area (TPSA) is 87.9 Å². The molecule has 1 atom stereocenters. The third kappa shape index (κ3) is 3.67. The zero-order valence-electron chi connectivity index (χ0n) is 12.8. The highest BCUT2D eigenvalue weighted by atomic mass is 19.1. The molecular formula is C16H20FN5O. The summed E-state index contributed by atoms with van der Waals surface area (Å²) in [7, 11) is 0. The van der Waals surface area contributed by atoms with Crippen molar-refractivity contribution in [1.29, 1.82) is 0 Å². The smallest absolute Gasteiger partial charge is 0.239 e. The van der Waals surface area contributed by atoms with Crippen LogP contribution in [0.5, 0.6) is 0 Å². The molecule has 2 heterocycles. The Bertz CT molecular complexity index is 669. The van der Waals surface area contributed by atoms with Crippen molar-refractivity contribution in [2.45, 2.75) is 38.1 Å². The number of aryl methyl sites for hydroxylation is 1. The molecule has 6 nitrogen and oxygen atoms in total. The van der Waals surface area contributed by atoms with E-state index in [0.29, 0.717) is 18.7 Å². The van der Waals surface area contributed by atoms with Crippen LogP contribution in [0.3, 0.4) is 0 Å². The molecule has 1 fully saturated rings. The zero-order valence-corrected chi connectivity index (χ0v) is 12.8. The van der Waals surface area contributed by atoms with E-state index in [1.807, 2.05) is 4.90 Å². The molecule has 122 valence electrons. The number of nitrogens with zero attached hydrogens (tertiary/aromatic N) is 3. The van der Waals surface area contributed by atoms with Crippen LogP contribution >= 0.6 is 0 Å². The second-order valence-corrected chi connectivity index (χ2v) is 5.79. The van der Waals surface area contributed by atoms with Crippen molar-refractivity contribution >= 4 is 11.9 Å². The lowest BCUT2D eigenvalue weighted by atomic mass is 9.94. The number of amides is 1. The number of hydrogen-bond donors (Lipinski definition) is 2. The molecule has 1 saturated heterocycles. The van der Waals surface area contributed by atoms with Crippen molar-refractivity contribution in [3.63, 3.8) is 0 Å². The highest BCUT2D eigenvalue weighted by Crippen LogP contribution is 2.31. The van der Waals surface area contributed by atoms with E-state index in [-0.39, 0.29) is 23.7 Å². The van der Waals surface area contributed by atoms with Crippen LogP contribution in [0.25, 0.3) is 0 Å². The van der Waals surface area contributed by atoms with Gasteiger partial charge in [0.25, 0.3) is 0 Å². The van der Waals surface area contributed by atoms with Crippen molar-refractivity contribution in [3.8, 4) is 0 Å². The number of nitrogens with one attached hydrogen (secondary N) is 1. The molecule has 0 aliphatic carbocycles. The molecule has 0 spiro atoms. The van der Waals surface area contributed by atoms with E-state index in [1.54, 1.807) is 12.1 Å². The SMILES string of the molecule is Nc1n[nH]c(CCC(=O)N2CCCC[C@H]2c2ccc(F)cc2)n1. The number of nitrogens with two attached hydrogens (primary N) is 1. The molecular weight excluding hydrogens is 297 g/mol. The molecule has 0 unspecified atom stereocenters. The van der Waals surface area contributed by atoms with Gasteiger partial charge < -0.3 is 10.6 Å². The summed E-state index contributed by atoms with van der Waals surface area (Å²) in [5, 5.41) is 6.47. The van der Waals surface area contributed by atoms with Gasteiger partial charge >= 0.3 is 0 Å². The van der Waals surface area contributed by atoms with Gasteiger partial charge in [0.15, 0.2) is 0 Å². The van der Waals surface area contributed by atoms with Gasteiger partial charge in [-0.05, 0) is 37.0 Å². The van der Waals surface area contributed by atoms with E-state index in [9.17, 15) is 9.18 Å². The molecule has 1 aromatic heterocycles. The summed E-state index contributed by atoms with van der Waals surface area (Å²) < 4.78 is 13.1. The maximum Gasteiger partial charge on any atom is 0.239 e. The minimum absolute atomic E-state index is 0.0247. The monoisotopic (exact) mass is 317 g/mol. The Hall–Kier alpha value is -2.44. The number of rotatable bonds is 4. The highest BCUT2D eigenvalue weighted by molar-refractivity contribution is 5.77. The molecule has 3 N–H and O–H groups in total. The van der Waals surface area contributed by atoms with Crippen molar-refractivity contribution in [2.24, 2.45) is 0 Å². The minimum atomic E-state index is -0.259. The van der Waals surface area contributed by atoms with Gasteiger partial charge in [-0.15, -0.1) is 5.10 Å². The van der Waals surface area contributed by atoms with Gasteiger partial charge in [-0.25, -0.2) is 4.39 Å². The standard InChI is InChI=1S/C16H20FN5O/c17-12-6-4-11(5-7-12)13-3-1-2-10-22(13)15(23)9-8-14-19-16(18)21-20-14/h4-7,13H,1-3,8-10H2,(H3,18,19,20,21)/t13-/m0/s1. The number of likely N-dealkylation sites (tertiary alicyclic amines) is 1. The van der Waals surface area contributed by atoms with Crippen molar-refractivity contribution < 1.29 is 9.18 Å². The van der Waals surface area contributed by atoms with E-state index in [1.165, 1.54) is 12.1 Å². The van der Waals surface area contributed by atoms with Gasteiger partial charge in [0.1, 0.15) is 11.6 Å². The first-order valence-electron chi connectivity index (χ1n) is 7.85. The number of aromatic amines is 1. The first-order valence-corrected chi connectivity index (χ1v) is 7.85. The van der Waals surface area contributed by atoms with Crippen LogP contribution in [0.1, 0.15) is 43.1 Å². The van der Waals surface area contributed by atoms with E-state index in [4.69, 9.17) is 5.73 Å². The van der Waals surface area contributed by atoms with Crippen LogP contribution in [0, 0.1) is 5.82 Å². The summed E-state index contributed by atoms with van der Waals surface area (Å²) in [6.45, 7) is 0.736. The van der Waals surface area contributed by atoms with Crippen LogP contribution in [-0.2, 0) is 11.2 Å². The minimum Gasteiger partial charge on any atom is -0.367 e. The number of nitrogen functional groups attached to an aromatic ring is 1. The first kappa shape index (κ1) is 15.5. The number of halogens is 1. The predicted octanol–water partition coefficient (Wildman–Crippen LogP) is 2.21. The summed E-state index contributed by atoms with van der Waals surface area (Å²) in [5.41, 5.74) is 6.45. The zero-order chi connectivity index (χ0) is 16.2. The van der Waals surface area contributed by atoms with Crippen LogP contribution < -0.4 is 5.73 Å². The maximum atomic E-state index is 13.1. The quantitative estimate of drug-likeness (QED) is 0.905.